The quantitative estimate of drug-likeness (QED) is 0.739. The maximum atomic E-state index is 6.40. The van der Waals surface area contributed by atoms with E-state index in [1.54, 1.807) is 0 Å². The Labute approximate surface area is 166 Å². The van der Waals surface area contributed by atoms with Gasteiger partial charge in [-0.15, -0.1) is 0 Å². The van der Waals surface area contributed by atoms with Crippen molar-refractivity contribution in [1.29, 1.82) is 0 Å². The van der Waals surface area contributed by atoms with Crippen LogP contribution in [0.4, 0.5) is 0 Å². The van der Waals surface area contributed by atoms with Crippen molar-refractivity contribution in [3.8, 4) is 5.75 Å². The topological polar surface area (TPSA) is 24.9 Å². The van der Waals surface area contributed by atoms with Crippen molar-refractivity contribution < 1.29 is 9.47 Å². The molecule has 2 aromatic carbocycles. The van der Waals surface area contributed by atoms with E-state index in [1.165, 1.54) is 5.56 Å². The molecule has 2 heterocycles. The fourth-order valence-corrected chi connectivity index (χ4v) is 4.01. The molecule has 1 fully saturated rings. The molecule has 0 bridgehead atoms. The largest absolute Gasteiger partial charge is 0.488 e. The van der Waals surface area contributed by atoms with Crippen molar-refractivity contribution in [3.63, 3.8) is 0 Å². The maximum Gasteiger partial charge on any atom is 0.130 e. The van der Waals surface area contributed by atoms with Gasteiger partial charge in [-0.05, 0) is 24.1 Å². The zero-order chi connectivity index (χ0) is 18.5. The van der Waals surface area contributed by atoms with E-state index >= 15 is 0 Å². The lowest BCUT2D eigenvalue weighted by Crippen LogP contribution is -2.41. The summed E-state index contributed by atoms with van der Waals surface area (Å²) in [6, 6.07) is 18.7. The normalized spacial score (nSPS) is 20.7. The average molecular weight is 383 g/mol. The minimum Gasteiger partial charge on any atom is -0.488 e. The fourth-order valence-electron chi connectivity index (χ4n) is 3.70. The summed E-state index contributed by atoms with van der Waals surface area (Å²) in [5, 5.41) is 0. The number of ether oxygens (including phenoxy) is 2. The molecule has 2 aliphatic rings. The molecule has 0 radical (unpaired) electrons. The number of thiocarbonyl (C=S) groups is 1. The molecule has 0 N–H and O–H groups in total. The van der Waals surface area contributed by atoms with E-state index in [1.807, 2.05) is 24.3 Å². The van der Waals surface area contributed by atoms with Crippen molar-refractivity contribution in [2.24, 2.45) is 0 Å². The van der Waals surface area contributed by atoms with Gasteiger partial charge in [-0.2, -0.15) is 0 Å². The maximum absolute atomic E-state index is 6.40. The highest BCUT2D eigenvalue weighted by Gasteiger charge is 2.26. The second kappa shape index (κ2) is 8.83. The van der Waals surface area contributed by atoms with Crippen LogP contribution in [-0.2, 0) is 11.3 Å². The Morgan fingerprint density at radius 1 is 0.963 bits per heavy atom. The van der Waals surface area contributed by atoms with Crippen LogP contribution in [0.15, 0.2) is 54.6 Å². The van der Waals surface area contributed by atoms with Crippen LogP contribution in [0.25, 0.3) is 0 Å². The summed E-state index contributed by atoms with van der Waals surface area (Å²) in [7, 11) is 0. The Balaban J connectivity index is 1.50. The van der Waals surface area contributed by atoms with Gasteiger partial charge in [-0.3, -0.25) is 4.90 Å². The van der Waals surface area contributed by atoms with Crippen LogP contribution >= 0.6 is 12.2 Å². The third-order valence-corrected chi connectivity index (χ3v) is 5.69. The molecule has 27 heavy (non-hydrogen) atoms. The summed E-state index contributed by atoms with van der Waals surface area (Å²) >= 11 is 5.85. The van der Waals surface area contributed by atoms with Crippen molar-refractivity contribution in [1.82, 2.24) is 9.80 Å². The van der Waals surface area contributed by atoms with Crippen molar-refractivity contribution in [3.05, 3.63) is 65.7 Å². The van der Waals surface area contributed by atoms with Crippen molar-refractivity contribution >= 4 is 17.2 Å². The van der Waals surface area contributed by atoms with Crippen molar-refractivity contribution in [2.75, 3.05) is 39.4 Å². The van der Waals surface area contributed by atoms with Crippen LogP contribution in [0.2, 0.25) is 0 Å². The van der Waals surface area contributed by atoms with Gasteiger partial charge < -0.3 is 14.4 Å². The molecule has 4 nitrogen and oxygen atoms in total. The van der Waals surface area contributed by atoms with Crippen LogP contribution in [0.5, 0.6) is 5.75 Å². The number of rotatable bonds is 5. The third kappa shape index (κ3) is 4.67. The standard InChI is InChI=1S/C22H26N2O2S/c27-22-20-8-4-5-9-21(20)26-19(10-11-23-12-14-25-15-13-23)17-24(22)16-18-6-2-1-3-7-18/h1-9,19H,10-17H2. The Morgan fingerprint density at radius 2 is 1.70 bits per heavy atom. The zero-order valence-corrected chi connectivity index (χ0v) is 16.4. The minimum absolute atomic E-state index is 0.123. The number of benzene rings is 2. The second-order valence-corrected chi connectivity index (χ2v) is 7.54. The molecule has 0 aliphatic carbocycles. The Kier molecular flexibility index (Phi) is 6.02. The van der Waals surface area contributed by atoms with E-state index in [2.05, 4.69) is 40.1 Å². The van der Waals surface area contributed by atoms with Gasteiger partial charge in [0.05, 0.1) is 25.3 Å². The van der Waals surface area contributed by atoms with Gasteiger partial charge in [-0.1, -0.05) is 54.7 Å². The van der Waals surface area contributed by atoms with Crippen molar-refractivity contribution in [2.45, 2.75) is 19.1 Å². The van der Waals surface area contributed by atoms with E-state index in [4.69, 9.17) is 21.7 Å². The predicted octanol–water partition coefficient (Wildman–Crippen LogP) is 3.35. The van der Waals surface area contributed by atoms with Crippen LogP contribution in [0.3, 0.4) is 0 Å². The van der Waals surface area contributed by atoms with Gasteiger partial charge in [0.25, 0.3) is 0 Å². The number of hydrogen-bond acceptors (Lipinski definition) is 4. The molecule has 2 aromatic rings. The summed E-state index contributed by atoms with van der Waals surface area (Å²) in [6.07, 6.45) is 1.11. The van der Waals surface area contributed by atoms with Crippen LogP contribution < -0.4 is 4.74 Å². The molecule has 0 spiro atoms. The van der Waals surface area contributed by atoms with Gasteiger partial charge >= 0.3 is 0 Å². The smallest absolute Gasteiger partial charge is 0.130 e. The predicted molar refractivity (Wildman–Crippen MR) is 111 cm³/mol. The minimum atomic E-state index is 0.123. The summed E-state index contributed by atoms with van der Waals surface area (Å²) in [4.78, 5) is 5.63. The molecule has 4 rings (SSSR count). The molecule has 142 valence electrons. The van der Waals surface area contributed by atoms with E-state index in [0.29, 0.717) is 0 Å². The Bertz CT molecular complexity index is 762. The first-order valence-corrected chi connectivity index (χ1v) is 10.1. The van der Waals surface area contributed by atoms with Gasteiger partial charge in [0, 0.05) is 26.2 Å². The van der Waals surface area contributed by atoms with Gasteiger partial charge in [0.2, 0.25) is 0 Å². The molecule has 2 aliphatic heterocycles. The van der Waals surface area contributed by atoms with E-state index in [-0.39, 0.29) is 6.10 Å². The first kappa shape index (κ1) is 18.4. The second-order valence-electron chi connectivity index (χ2n) is 7.15. The number of para-hydroxylation sites is 1. The van der Waals surface area contributed by atoms with E-state index in [9.17, 15) is 0 Å². The first-order chi connectivity index (χ1) is 13.3. The molecule has 1 unspecified atom stereocenters. The number of fused-ring (bicyclic) bond motifs is 1. The molecule has 0 saturated carbocycles. The molecule has 0 aromatic heterocycles. The van der Waals surface area contributed by atoms with E-state index in [0.717, 1.165) is 68.7 Å². The molecule has 0 amide bonds. The number of nitrogens with zero attached hydrogens (tertiary/aromatic N) is 2. The van der Waals surface area contributed by atoms with Crippen LogP contribution in [0, 0.1) is 0 Å². The lowest BCUT2D eigenvalue weighted by atomic mass is 10.1. The van der Waals surface area contributed by atoms with Gasteiger partial charge in [0.1, 0.15) is 16.8 Å². The fraction of sp³-hybridized carbons (Fsp3) is 0.409. The average Bonchev–Trinajstić information content (AvgIpc) is 2.85. The highest BCUT2D eigenvalue weighted by molar-refractivity contribution is 7.80. The highest BCUT2D eigenvalue weighted by atomic mass is 32.1. The molecule has 5 heteroatoms. The van der Waals surface area contributed by atoms with Gasteiger partial charge in [0.15, 0.2) is 0 Å². The number of morpholine rings is 1. The highest BCUT2D eigenvalue weighted by Crippen LogP contribution is 2.27. The Hall–Kier alpha value is -1.95. The van der Waals surface area contributed by atoms with Crippen LogP contribution in [-0.4, -0.2) is 60.3 Å². The molecular formula is C22H26N2O2S. The van der Waals surface area contributed by atoms with Gasteiger partial charge in [-0.25, -0.2) is 0 Å². The molecule has 1 atom stereocenters. The Morgan fingerprint density at radius 3 is 2.52 bits per heavy atom. The summed E-state index contributed by atoms with van der Waals surface area (Å²) in [5.41, 5.74) is 2.29. The monoisotopic (exact) mass is 382 g/mol. The van der Waals surface area contributed by atoms with Crippen LogP contribution in [0.1, 0.15) is 17.5 Å². The summed E-state index contributed by atoms with van der Waals surface area (Å²) < 4.78 is 11.9. The lowest BCUT2D eigenvalue weighted by molar-refractivity contribution is 0.0309. The summed E-state index contributed by atoms with van der Waals surface area (Å²) in [6.45, 7) is 6.34. The molecule has 1 saturated heterocycles. The SMILES string of the molecule is S=C1c2ccccc2OC(CCN2CCOCC2)CN1Cc1ccccc1. The zero-order valence-electron chi connectivity index (χ0n) is 15.5. The lowest BCUT2D eigenvalue weighted by Gasteiger charge is -2.30. The van der Waals surface area contributed by atoms with E-state index < -0.39 is 0 Å². The first-order valence-electron chi connectivity index (χ1n) is 9.68. The third-order valence-electron chi connectivity index (χ3n) is 5.21. The summed E-state index contributed by atoms with van der Waals surface area (Å²) in [5.74, 6) is 0.907. The number of hydrogen-bond donors (Lipinski definition) is 0. The molecular weight excluding hydrogens is 356 g/mol.